The molecule has 4 nitrogen and oxygen atoms in total. The predicted octanol–water partition coefficient (Wildman–Crippen LogP) is 6.44. The van der Waals surface area contributed by atoms with Gasteiger partial charge in [-0.2, -0.15) is 0 Å². The van der Waals surface area contributed by atoms with Gasteiger partial charge in [-0.3, -0.25) is 9.80 Å². The quantitative estimate of drug-likeness (QED) is 0.244. The molecule has 0 N–H and O–H groups in total. The average Bonchev–Trinajstić information content (AvgIpc) is 2.74. The summed E-state index contributed by atoms with van der Waals surface area (Å²) in [7, 11) is 4.42. The second-order valence-corrected chi connectivity index (χ2v) is 12.4. The molecule has 1 atom stereocenters. The van der Waals surface area contributed by atoms with E-state index >= 15 is 0 Å². The van der Waals surface area contributed by atoms with E-state index in [0.717, 1.165) is 24.9 Å². The third-order valence-electron chi connectivity index (χ3n) is 8.75. The van der Waals surface area contributed by atoms with Gasteiger partial charge in [0.1, 0.15) is 0 Å². The van der Waals surface area contributed by atoms with Crippen LogP contribution in [0.5, 0.6) is 0 Å². The molecule has 33 heavy (non-hydrogen) atoms. The van der Waals surface area contributed by atoms with Crippen molar-refractivity contribution in [2.45, 2.75) is 135 Å². The number of ether oxygens (including phenoxy) is 1. The van der Waals surface area contributed by atoms with Crippen LogP contribution in [-0.2, 0) is 4.74 Å². The summed E-state index contributed by atoms with van der Waals surface area (Å²) < 4.78 is 6.70. The van der Waals surface area contributed by atoms with Gasteiger partial charge >= 0.3 is 0 Å². The lowest BCUT2D eigenvalue weighted by molar-refractivity contribution is -0.142. The summed E-state index contributed by atoms with van der Waals surface area (Å²) in [5.41, 5.74) is 0.448. The van der Waals surface area contributed by atoms with E-state index in [2.05, 4.69) is 70.3 Å². The van der Waals surface area contributed by atoms with Gasteiger partial charge in [0.2, 0.25) is 0 Å². The minimum atomic E-state index is 0.0807. The van der Waals surface area contributed by atoms with Gasteiger partial charge in [-0.1, -0.05) is 46.5 Å². The van der Waals surface area contributed by atoms with E-state index in [0.29, 0.717) is 11.6 Å². The molecule has 0 aromatic rings. The van der Waals surface area contributed by atoms with Crippen molar-refractivity contribution in [1.29, 1.82) is 0 Å². The van der Waals surface area contributed by atoms with Crippen LogP contribution in [0.15, 0.2) is 0 Å². The summed E-state index contributed by atoms with van der Waals surface area (Å²) in [4.78, 5) is 7.93. The number of unbranched alkanes of at least 4 members (excludes halogenated alkanes) is 2. The molecule has 0 aromatic heterocycles. The molecule has 0 bridgehead atoms. The van der Waals surface area contributed by atoms with Crippen molar-refractivity contribution in [2.24, 2.45) is 5.92 Å². The van der Waals surface area contributed by atoms with Crippen LogP contribution in [0.1, 0.15) is 112 Å². The highest BCUT2D eigenvalue weighted by atomic mass is 16.5. The lowest BCUT2D eigenvalue weighted by Crippen LogP contribution is -2.54. The zero-order chi connectivity index (χ0) is 24.5. The van der Waals surface area contributed by atoms with E-state index in [1.54, 1.807) is 0 Å². The van der Waals surface area contributed by atoms with E-state index in [1.165, 1.54) is 90.4 Å². The summed E-state index contributed by atoms with van der Waals surface area (Å²) in [5.74, 6) is 0.857. The Morgan fingerprint density at radius 3 is 2.09 bits per heavy atom. The van der Waals surface area contributed by atoms with Crippen LogP contribution in [0.3, 0.4) is 0 Å². The van der Waals surface area contributed by atoms with Gasteiger partial charge in [0, 0.05) is 31.2 Å². The fourth-order valence-electron chi connectivity index (χ4n) is 5.98. The van der Waals surface area contributed by atoms with Gasteiger partial charge in [0.15, 0.2) is 0 Å². The van der Waals surface area contributed by atoms with E-state index in [-0.39, 0.29) is 5.60 Å². The number of hydrogen-bond donors (Lipinski definition) is 0. The Morgan fingerprint density at radius 1 is 0.879 bits per heavy atom. The molecule has 1 heterocycles. The van der Waals surface area contributed by atoms with Crippen LogP contribution in [0, 0.1) is 5.92 Å². The van der Waals surface area contributed by atoms with Crippen molar-refractivity contribution in [3.05, 3.63) is 0 Å². The summed E-state index contributed by atoms with van der Waals surface area (Å²) in [6.07, 6.45) is 14.5. The van der Waals surface area contributed by atoms with Crippen LogP contribution in [-0.4, -0.2) is 84.8 Å². The summed E-state index contributed by atoms with van der Waals surface area (Å²) in [6, 6.07) is 0.723. The van der Waals surface area contributed by atoms with Gasteiger partial charge in [0.25, 0.3) is 0 Å². The lowest BCUT2D eigenvalue weighted by atomic mass is 9.84. The topological polar surface area (TPSA) is 19.0 Å². The van der Waals surface area contributed by atoms with Gasteiger partial charge < -0.3 is 9.64 Å². The molecule has 196 valence electrons. The number of hydrogen-bond acceptors (Lipinski definition) is 4. The maximum Gasteiger partial charge on any atom is 0.0655 e. The van der Waals surface area contributed by atoms with Crippen LogP contribution in [0.2, 0.25) is 0 Å². The van der Waals surface area contributed by atoms with Crippen LogP contribution in [0.25, 0.3) is 0 Å². The maximum absolute atomic E-state index is 6.70. The van der Waals surface area contributed by atoms with E-state index in [4.69, 9.17) is 4.74 Å². The minimum absolute atomic E-state index is 0.0807. The molecule has 2 fully saturated rings. The van der Waals surface area contributed by atoms with Gasteiger partial charge in [-0.05, 0) is 98.8 Å². The summed E-state index contributed by atoms with van der Waals surface area (Å²) >= 11 is 0. The Labute approximate surface area is 207 Å². The van der Waals surface area contributed by atoms with Crippen molar-refractivity contribution in [2.75, 3.05) is 46.8 Å². The zero-order valence-electron chi connectivity index (χ0n) is 23.8. The van der Waals surface area contributed by atoms with E-state index in [1.807, 2.05) is 0 Å². The van der Waals surface area contributed by atoms with Crippen LogP contribution < -0.4 is 0 Å². The summed E-state index contributed by atoms with van der Waals surface area (Å²) in [6.45, 7) is 20.4. The number of rotatable bonds is 16. The van der Waals surface area contributed by atoms with Crippen LogP contribution >= 0.6 is 0 Å². The number of likely N-dealkylation sites (N-methyl/N-ethyl adjacent to an activating group) is 1. The molecule has 2 aliphatic rings. The van der Waals surface area contributed by atoms with E-state index < -0.39 is 0 Å². The maximum atomic E-state index is 6.70. The monoisotopic (exact) mass is 465 g/mol. The van der Waals surface area contributed by atoms with Crippen molar-refractivity contribution in [1.82, 2.24) is 14.7 Å². The Balaban J connectivity index is 1.84. The fourth-order valence-corrected chi connectivity index (χ4v) is 5.98. The normalized spacial score (nSPS) is 24.9. The average molecular weight is 466 g/mol. The molecule has 0 radical (unpaired) electrons. The summed E-state index contributed by atoms with van der Waals surface area (Å²) in [5, 5.41) is 0. The fraction of sp³-hybridized carbons (Fsp3) is 1.00. The molecule has 1 saturated heterocycles. The molecule has 4 heteroatoms. The predicted molar refractivity (Wildman–Crippen MR) is 144 cm³/mol. The van der Waals surface area contributed by atoms with Gasteiger partial charge in [-0.15, -0.1) is 0 Å². The van der Waals surface area contributed by atoms with Crippen molar-refractivity contribution in [3.63, 3.8) is 0 Å². The minimum Gasteiger partial charge on any atom is -0.372 e. The van der Waals surface area contributed by atoms with Gasteiger partial charge in [0.05, 0.1) is 11.7 Å². The largest absolute Gasteiger partial charge is 0.372 e. The molecular weight excluding hydrogens is 406 g/mol. The molecule has 1 aliphatic heterocycles. The van der Waals surface area contributed by atoms with Crippen molar-refractivity contribution in [3.8, 4) is 0 Å². The Kier molecular flexibility index (Phi) is 12.2. The highest BCUT2D eigenvalue weighted by molar-refractivity contribution is 4.93. The zero-order valence-corrected chi connectivity index (χ0v) is 23.8. The second kappa shape index (κ2) is 13.8. The first-order valence-corrected chi connectivity index (χ1v) is 14.4. The SMILES string of the molecule is CCCCCC(C)(CC)O[C@H]1C[C@H](N(CCN(C)C)CC2CCN(C(C)(C)CCC)CC2)C1. The van der Waals surface area contributed by atoms with Gasteiger partial charge in [-0.25, -0.2) is 0 Å². The number of nitrogens with zero attached hydrogens (tertiary/aromatic N) is 3. The third kappa shape index (κ3) is 9.43. The Morgan fingerprint density at radius 2 is 1.55 bits per heavy atom. The second-order valence-electron chi connectivity index (χ2n) is 12.4. The van der Waals surface area contributed by atoms with Crippen molar-refractivity contribution >= 4 is 0 Å². The Hall–Kier alpha value is -0.160. The third-order valence-corrected chi connectivity index (χ3v) is 8.75. The molecule has 1 unspecified atom stereocenters. The first kappa shape index (κ1) is 29.1. The first-order valence-electron chi connectivity index (χ1n) is 14.4. The molecule has 1 aliphatic carbocycles. The Bertz CT molecular complexity index is 523. The van der Waals surface area contributed by atoms with Crippen LogP contribution in [0.4, 0.5) is 0 Å². The molecular formula is C29H59N3O. The molecule has 0 amide bonds. The van der Waals surface area contributed by atoms with Crippen molar-refractivity contribution < 1.29 is 4.74 Å². The number of likely N-dealkylation sites (tertiary alicyclic amines) is 1. The number of piperidine rings is 1. The lowest BCUT2D eigenvalue weighted by Gasteiger charge is -2.48. The molecule has 2 rings (SSSR count). The van der Waals surface area contributed by atoms with E-state index in [9.17, 15) is 0 Å². The highest BCUT2D eigenvalue weighted by Gasteiger charge is 2.39. The molecule has 0 aromatic carbocycles. The standard InChI is InChI=1S/C29H59N3O/c1-9-12-13-17-29(6,11-3)33-27-22-26(23-27)31(21-20-30(7)8)24-25-14-18-32(19-15-25)28(4,5)16-10-2/h25-27H,9-24H2,1-8H3/t26-,27-,29?. The smallest absolute Gasteiger partial charge is 0.0655 e. The highest BCUT2D eigenvalue weighted by Crippen LogP contribution is 2.36. The molecule has 0 spiro atoms. The first-order chi connectivity index (χ1) is 15.6. The molecule has 1 saturated carbocycles.